The summed E-state index contributed by atoms with van der Waals surface area (Å²) in [5.74, 6) is 0.605. The Labute approximate surface area is 123 Å². The highest BCUT2D eigenvalue weighted by Gasteiger charge is 2.32. The van der Waals surface area contributed by atoms with E-state index in [2.05, 4.69) is 5.32 Å². The Bertz CT molecular complexity index is 500. The minimum Gasteiger partial charge on any atom is -0.481 e. The van der Waals surface area contributed by atoms with Gasteiger partial charge in [0.25, 0.3) is 0 Å². The van der Waals surface area contributed by atoms with Crippen LogP contribution in [0.25, 0.3) is 0 Å². The fraction of sp³-hybridized carbons (Fsp3) is 0.467. The number of thioether (sulfide) groups is 1. The van der Waals surface area contributed by atoms with Crippen LogP contribution in [0.3, 0.4) is 0 Å². The van der Waals surface area contributed by atoms with E-state index in [-0.39, 0.29) is 17.6 Å². The molecule has 0 saturated heterocycles. The molecular weight excluding hydrogens is 274 g/mol. The summed E-state index contributed by atoms with van der Waals surface area (Å²) >= 11 is 1.35. The van der Waals surface area contributed by atoms with Crippen LogP contribution >= 0.6 is 11.8 Å². The first-order chi connectivity index (χ1) is 9.56. The molecule has 0 bridgehead atoms. The van der Waals surface area contributed by atoms with E-state index in [1.807, 2.05) is 31.2 Å². The third-order valence-electron chi connectivity index (χ3n) is 3.43. The molecule has 0 aromatic heterocycles. The maximum absolute atomic E-state index is 12.0. The van der Waals surface area contributed by atoms with Gasteiger partial charge in [0.1, 0.15) is 0 Å². The number of rotatable bonds is 7. The third kappa shape index (κ3) is 4.56. The van der Waals surface area contributed by atoms with E-state index in [1.165, 1.54) is 11.8 Å². The van der Waals surface area contributed by atoms with E-state index < -0.39 is 5.97 Å². The van der Waals surface area contributed by atoms with Gasteiger partial charge in [0.05, 0.1) is 5.75 Å². The minimum absolute atomic E-state index is 0.0695. The number of hydrogen-bond donors (Lipinski definition) is 2. The van der Waals surface area contributed by atoms with Gasteiger partial charge in [-0.3, -0.25) is 9.59 Å². The molecule has 1 unspecified atom stereocenters. The van der Waals surface area contributed by atoms with Crippen LogP contribution in [0.5, 0.6) is 0 Å². The topological polar surface area (TPSA) is 66.4 Å². The van der Waals surface area contributed by atoms with E-state index in [1.54, 1.807) is 0 Å². The zero-order chi connectivity index (χ0) is 14.5. The quantitative estimate of drug-likeness (QED) is 0.811. The monoisotopic (exact) mass is 293 g/mol. The lowest BCUT2D eigenvalue weighted by molar-refractivity contribution is -0.133. The summed E-state index contributed by atoms with van der Waals surface area (Å²) in [5, 5.41) is 11.5. The molecule has 1 fully saturated rings. The molecule has 4 nitrogen and oxygen atoms in total. The average Bonchev–Trinajstić information content (AvgIpc) is 3.22. The van der Waals surface area contributed by atoms with Crippen LogP contribution in [0.2, 0.25) is 0 Å². The number of carboxylic acids is 1. The van der Waals surface area contributed by atoms with Crippen molar-refractivity contribution in [2.24, 2.45) is 11.8 Å². The number of carbonyl (C=O) groups excluding carboxylic acids is 1. The lowest BCUT2D eigenvalue weighted by Crippen LogP contribution is -2.21. The fourth-order valence-electron chi connectivity index (χ4n) is 2.06. The summed E-state index contributed by atoms with van der Waals surface area (Å²) in [7, 11) is 0. The molecule has 20 heavy (non-hydrogen) atoms. The van der Waals surface area contributed by atoms with Crippen LogP contribution in [-0.4, -0.2) is 22.7 Å². The van der Waals surface area contributed by atoms with Gasteiger partial charge in [-0.05, 0) is 36.5 Å². The van der Waals surface area contributed by atoms with E-state index in [0.29, 0.717) is 11.7 Å². The fourth-order valence-corrected chi connectivity index (χ4v) is 2.75. The number of hydrogen-bond acceptors (Lipinski definition) is 3. The zero-order valence-corrected chi connectivity index (χ0v) is 12.3. The molecule has 1 aromatic rings. The molecule has 1 amide bonds. The lowest BCUT2D eigenvalue weighted by Gasteiger charge is -2.12. The van der Waals surface area contributed by atoms with Crippen LogP contribution in [0.4, 0.5) is 5.69 Å². The largest absolute Gasteiger partial charge is 0.481 e. The summed E-state index contributed by atoms with van der Waals surface area (Å²) < 4.78 is 0. The van der Waals surface area contributed by atoms with Crippen molar-refractivity contribution in [1.29, 1.82) is 0 Å². The molecule has 0 heterocycles. The molecule has 1 aliphatic rings. The van der Waals surface area contributed by atoms with Crippen molar-refractivity contribution in [3.8, 4) is 0 Å². The molecular formula is C15H19NO3S. The first-order valence-electron chi connectivity index (χ1n) is 6.75. The SMILES string of the molecule is CC(C(=O)Nc1cccc(CSCC(=O)O)c1)C1CC1. The summed E-state index contributed by atoms with van der Waals surface area (Å²) in [4.78, 5) is 22.5. The van der Waals surface area contributed by atoms with Crippen LogP contribution in [0.15, 0.2) is 24.3 Å². The second-order valence-corrected chi connectivity index (χ2v) is 6.19. The predicted molar refractivity (Wildman–Crippen MR) is 80.8 cm³/mol. The smallest absolute Gasteiger partial charge is 0.313 e. The number of carbonyl (C=O) groups is 2. The number of amides is 1. The van der Waals surface area contributed by atoms with Gasteiger partial charge >= 0.3 is 5.97 Å². The molecule has 0 radical (unpaired) electrons. The molecule has 2 rings (SSSR count). The van der Waals surface area contributed by atoms with Crippen LogP contribution in [0, 0.1) is 11.8 Å². The highest BCUT2D eigenvalue weighted by atomic mass is 32.2. The van der Waals surface area contributed by atoms with E-state index in [4.69, 9.17) is 5.11 Å². The molecule has 0 spiro atoms. The maximum atomic E-state index is 12.0. The van der Waals surface area contributed by atoms with E-state index >= 15 is 0 Å². The molecule has 1 saturated carbocycles. The number of aliphatic carboxylic acids is 1. The van der Waals surface area contributed by atoms with Crippen molar-refractivity contribution in [1.82, 2.24) is 0 Å². The van der Waals surface area contributed by atoms with Gasteiger partial charge in [-0.2, -0.15) is 0 Å². The number of nitrogens with one attached hydrogen (secondary N) is 1. The molecule has 0 aliphatic heterocycles. The Morgan fingerprint density at radius 3 is 2.85 bits per heavy atom. The Morgan fingerprint density at radius 1 is 1.45 bits per heavy atom. The summed E-state index contributed by atoms with van der Waals surface area (Å²) in [6.07, 6.45) is 2.31. The van der Waals surface area contributed by atoms with Crippen molar-refractivity contribution in [2.75, 3.05) is 11.1 Å². The first-order valence-corrected chi connectivity index (χ1v) is 7.91. The lowest BCUT2D eigenvalue weighted by atomic mass is 10.1. The molecule has 1 aromatic carbocycles. The zero-order valence-electron chi connectivity index (χ0n) is 11.5. The molecule has 5 heteroatoms. The van der Waals surface area contributed by atoms with Gasteiger partial charge in [-0.15, -0.1) is 11.8 Å². The van der Waals surface area contributed by atoms with Gasteiger partial charge in [-0.1, -0.05) is 19.1 Å². The normalized spacial score (nSPS) is 15.7. The van der Waals surface area contributed by atoms with Gasteiger partial charge in [0.2, 0.25) is 5.91 Å². The van der Waals surface area contributed by atoms with E-state index in [0.717, 1.165) is 24.1 Å². The molecule has 2 N–H and O–H groups in total. The van der Waals surface area contributed by atoms with Gasteiger partial charge in [0.15, 0.2) is 0 Å². The van der Waals surface area contributed by atoms with Gasteiger partial charge in [0, 0.05) is 17.4 Å². The van der Waals surface area contributed by atoms with Crippen LogP contribution < -0.4 is 5.32 Å². The van der Waals surface area contributed by atoms with Crippen molar-refractivity contribution in [3.05, 3.63) is 29.8 Å². The summed E-state index contributed by atoms with van der Waals surface area (Å²) in [5.41, 5.74) is 1.81. The Kier molecular flexibility index (Phi) is 5.06. The summed E-state index contributed by atoms with van der Waals surface area (Å²) in [6, 6.07) is 7.60. The average molecular weight is 293 g/mol. The number of anilines is 1. The highest BCUT2D eigenvalue weighted by Crippen LogP contribution is 2.37. The second kappa shape index (κ2) is 6.79. The standard InChI is InChI=1S/C15H19NO3S/c1-10(12-5-6-12)15(19)16-13-4-2-3-11(7-13)8-20-9-14(17)18/h2-4,7,10,12H,5-6,8-9H2,1H3,(H,16,19)(H,17,18). The Morgan fingerprint density at radius 2 is 2.20 bits per heavy atom. The van der Waals surface area contributed by atoms with Crippen molar-refractivity contribution in [2.45, 2.75) is 25.5 Å². The van der Waals surface area contributed by atoms with Crippen molar-refractivity contribution >= 4 is 29.3 Å². The van der Waals surface area contributed by atoms with Gasteiger partial charge < -0.3 is 10.4 Å². The highest BCUT2D eigenvalue weighted by molar-refractivity contribution is 7.99. The molecule has 1 aliphatic carbocycles. The molecule has 1 atom stereocenters. The Balaban J connectivity index is 1.88. The second-order valence-electron chi connectivity index (χ2n) is 5.20. The van der Waals surface area contributed by atoms with Crippen LogP contribution in [0.1, 0.15) is 25.3 Å². The van der Waals surface area contributed by atoms with Crippen molar-refractivity contribution in [3.63, 3.8) is 0 Å². The van der Waals surface area contributed by atoms with Crippen molar-refractivity contribution < 1.29 is 14.7 Å². The summed E-state index contributed by atoms with van der Waals surface area (Å²) in [6.45, 7) is 1.97. The van der Waals surface area contributed by atoms with Gasteiger partial charge in [-0.25, -0.2) is 0 Å². The number of benzene rings is 1. The van der Waals surface area contributed by atoms with E-state index in [9.17, 15) is 9.59 Å². The third-order valence-corrected chi connectivity index (χ3v) is 4.42. The maximum Gasteiger partial charge on any atom is 0.313 e. The first kappa shape index (κ1) is 14.9. The minimum atomic E-state index is -0.808. The molecule has 108 valence electrons. The van der Waals surface area contributed by atoms with Crippen LogP contribution in [-0.2, 0) is 15.3 Å². The Hall–Kier alpha value is -1.49. The number of carboxylic acid groups (broad SMARTS) is 1. The predicted octanol–water partition coefficient (Wildman–Crippen LogP) is 2.99.